The van der Waals surface area contributed by atoms with Crippen molar-refractivity contribution in [3.63, 3.8) is 0 Å². The summed E-state index contributed by atoms with van der Waals surface area (Å²) in [4.78, 5) is 0. The van der Waals surface area contributed by atoms with Crippen LogP contribution in [0.25, 0.3) is 0 Å². The van der Waals surface area contributed by atoms with Crippen LogP contribution >= 0.6 is 15.9 Å². The topological polar surface area (TPSA) is 44.5 Å². The van der Waals surface area contributed by atoms with Crippen molar-refractivity contribution in [1.82, 2.24) is 0 Å². The molecule has 2 N–H and O–H groups in total. The molecule has 0 aromatic heterocycles. The largest absolute Gasteiger partial charge is 0.491 e. The Labute approximate surface area is 123 Å². The Hall–Kier alpha value is -0.580. The molecule has 0 spiro atoms. The van der Waals surface area contributed by atoms with Crippen molar-refractivity contribution in [3.05, 3.63) is 28.2 Å². The Morgan fingerprint density at radius 2 is 2.26 bits per heavy atom. The third kappa shape index (κ3) is 4.20. The number of nitrogens with two attached hydrogens (primary N) is 1. The molecule has 1 unspecified atom stereocenters. The first kappa shape index (κ1) is 14.8. The van der Waals surface area contributed by atoms with E-state index >= 15 is 0 Å². The Morgan fingerprint density at radius 3 is 2.89 bits per heavy atom. The van der Waals surface area contributed by atoms with Crippen molar-refractivity contribution in [2.45, 2.75) is 44.8 Å². The Morgan fingerprint density at radius 1 is 1.47 bits per heavy atom. The fourth-order valence-electron chi connectivity index (χ4n) is 2.37. The number of hydrogen-bond donors (Lipinski definition) is 1. The molecule has 0 radical (unpaired) electrons. The van der Waals surface area contributed by atoms with Crippen LogP contribution in [0.4, 0.5) is 0 Å². The van der Waals surface area contributed by atoms with Gasteiger partial charge in [-0.25, -0.2) is 0 Å². The average Bonchev–Trinajstić information content (AvgIpc) is 2.70. The Balaban J connectivity index is 1.91. The molecule has 0 bridgehead atoms. The first-order valence-corrected chi connectivity index (χ1v) is 7.58. The second kappa shape index (κ2) is 6.25. The number of ether oxygens (including phenoxy) is 2. The fourth-order valence-corrected chi connectivity index (χ4v) is 2.82. The van der Waals surface area contributed by atoms with Crippen LogP contribution in [0.2, 0.25) is 0 Å². The van der Waals surface area contributed by atoms with E-state index in [0.29, 0.717) is 13.2 Å². The van der Waals surface area contributed by atoms with Gasteiger partial charge >= 0.3 is 0 Å². The average molecular weight is 328 g/mol. The lowest BCUT2D eigenvalue weighted by atomic mass is 10.1. The van der Waals surface area contributed by atoms with Crippen LogP contribution in [0.1, 0.15) is 32.3 Å². The van der Waals surface area contributed by atoms with Crippen molar-refractivity contribution in [3.8, 4) is 5.75 Å². The van der Waals surface area contributed by atoms with Crippen LogP contribution in [0.5, 0.6) is 5.75 Å². The standard InChI is InChI=1S/C15H22BrNO2/c1-15(2)7-5-13(19-15)10-18-12-3-4-14(16)11(9-12)6-8-17/h3-4,9,13H,5-8,10,17H2,1-2H3. The maximum absolute atomic E-state index is 5.92. The van der Waals surface area contributed by atoms with Gasteiger partial charge in [0.1, 0.15) is 12.4 Å². The van der Waals surface area contributed by atoms with E-state index in [9.17, 15) is 0 Å². The molecule has 1 aromatic rings. The van der Waals surface area contributed by atoms with Crippen LogP contribution < -0.4 is 10.5 Å². The molecule has 1 aliphatic heterocycles. The molecule has 106 valence electrons. The van der Waals surface area contributed by atoms with Gasteiger partial charge in [-0.2, -0.15) is 0 Å². The lowest BCUT2D eigenvalue weighted by Gasteiger charge is -2.19. The maximum Gasteiger partial charge on any atom is 0.119 e. The summed E-state index contributed by atoms with van der Waals surface area (Å²) in [6, 6.07) is 6.04. The van der Waals surface area contributed by atoms with Crippen LogP contribution in [0.3, 0.4) is 0 Å². The zero-order chi connectivity index (χ0) is 13.9. The molecule has 1 heterocycles. The van der Waals surface area contributed by atoms with Crippen molar-refractivity contribution in [2.75, 3.05) is 13.2 Å². The monoisotopic (exact) mass is 327 g/mol. The van der Waals surface area contributed by atoms with Crippen LogP contribution in [-0.2, 0) is 11.2 Å². The van der Waals surface area contributed by atoms with Gasteiger partial charge in [0.2, 0.25) is 0 Å². The summed E-state index contributed by atoms with van der Waals surface area (Å²) in [5, 5.41) is 0. The molecule has 4 heteroatoms. The molecule has 1 saturated heterocycles. The lowest BCUT2D eigenvalue weighted by Crippen LogP contribution is -2.23. The van der Waals surface area contributed by atoms with Crippen molar-refractivity contribution < 1.29 is 9.47 Å². The highest BCUT2D eigenvalue weighted by Gasteiger charge is 2.31. The quantitative estimate of drug-likeness (QED) is 0.902. The van der Waals surface area contributed by atoms with Gasteiger partial charge in [0.15, 0.2) is 0 Å². The van der Waals surface area contributed by atoms with Crippen molar-refractivity contribution in [1.29, 1.82) is 0 Å². The summed E-state index contributed by atoms with van der Waals surface area (Å²) in [6.07, 6.45) is 3.22. The number of rotatable bonds is 5. The van der Waals surface area contributed by atoms with E-state index in [1.54, 1.807) is 0 Å². The predicted molar refractivity (Wildman–Crippen MR) is 80.6 cm³/mol. The molecular formula is C15H22BrNO2. The number of benzene rings is 1. The van der Waals surface area contributed by atoms with Gasteiger partial charge in [-0.15, -0.1) is 0 Å². The molecule has 0 saturated carbocycles. The zero-order valence-electron chi connectivity index (χ0n) is 11.6. The second-order valence-electron chi connectivity index (χ2n) is 5.64. The fraction of sp³-hybridized carbons (Fsp3) is 0.600. The molecule has 3 nitrogen and oxygen atoms in total. The minimum absolute atomic E-state index is 0.00154. The van der Waals surface area contributed by atoms with Crippen LogP contribution in [0.15, 0.2) is 22.7 Å². The van der Waals surface area contributed by atoms with E-state index < -0.39 is 0 Å². The molecule has 1 aromatic carbocycles. The van der Waals surface area contributed by atoms with Gasteiger partial charge in [-0.1, -0.05) is 15.9 Å². The molecule has 0 aliphatic carbocycles. The molecule has 19 heavy (non-hydrogen) atoms. The summed E-state index contributed by atoms with van der Waals surface area (Å²) >= 11 is 3.53. The summed E-state index contributed by atoms with van der Waals surface area (Å²) in [5.41, 5.74) is 6.79. The highest BCUT2D eigenvalue weighted by molar-refractivity contribution is 9.10. The molecule has 2 rings (SSSR count). The van der Waals surface area contributed by atoms with E-state index in [4.69, 9.17) is 15.2 Å². The smallest absolute Gasteiger partial charge is 0.119 e. The summed E-state index contributed by atoms with van der Waals surface area (Å²) < 4.78 is 12.8. The predicted octanol–water partition coefficient (Wildman–Crippen LogP) is 3.29. The minimum atomic E-state index is -0.00154. The molecule has 1 fully saturated rings. The molecule has 1 aliphatic rings. The maximum atomic E-state index is 5.92. The van der Waals surface area contributed by atoms with Crippen molar-refractivity contribution in [2.24, 2.45) is 5.73 Å². The van der Waals surface area contributed by atoms with Gasteiger partial charge < -0.3 is 15.2 Å². The van der Waals surface area contributed by atoms with E-state index in [1.165, 1.54) is 5.56 Å². The minimum Gasteiger partial charge on any atom is -0.491 e. The summed E-state index contributed by atoms with van der Waals surface area (Å²) in [7, 11) is 0. The lowest BCUT2D eigenvalue weighted by molar-refractivity contribution is -0.0326. The number of halogens is 1. The van der Waals surface area contributed by atoms with Gasteiger partial charge in [0.05, 0.1) is 11.7 Å². The first-order chi connectivity index (χ1) is 9.00. The highest BCUT2D eigenvalue weighted by atomic mass is 79.9. The SMILES string of the molecule is CC1(C)CCC(COc2ccc(Br)c(CCN)c2)O1. The third-order valence-corrected chi connectivity index (χ3v) is 4.19. The first-order valence-electron chi connectivity index (χ1n) is 6.79. The molecule has 0 amide bonds. The van der Waals surface area contributed by atoms with Gasteiger partial charge in [-0.3, -0.25) is 0 Å². The van der Waals surface area contributed by atoms with E-state index in [0.717, 1.165) is 29.5 Å². The Bertz CT molecular complexity index is 434. The zero-order valence-corrected chi connectivity index (χ0v) is 13.2. The van der Waals surface area contributed by atoms with Gasteiger partial charge in [0.25, 0.3) is 0 Å². The van der Waals surface area contributed by atoms with E-state index in [2.05, 4.69) is 35.8 Å². The van der Waals surface area contributed by atoms with Gasteiger partial charge in [0, 0.05) is 4.47 Å². The van der Waals surface area contributed by atoms with E-state index in [1.807, 2.05) is 12.1 Å². The van der Waals surface area contributed by atoms with E-state index in [-0.39, 0.29) is 11.7 Å². The molecular weight excluding hydrogens is 306 g/mol. The van der Waals surface area contributed by atoms with Crippen LogP contribution in [-0.4, -0.2) is 24.9 Å². The second-order valence-corrected chi connectivity index (χ2v) is 6.50. The summed E-state index contributed by atoms with van der Waals surface area (Å²) in [5.74, 6) is 0.889. The Kier molecular flexibility index (Phi) is 4.87. The normalized spacial score (nSPS) is 21.6. The van der Waals surface area contributed by atoms with Crippen molar-refractivity contribution >= 4 is 15.9 Å². The van der Waals surface area contributed by atoms with Crippen LogP contribution in [0, 0.1) is 0 Å². The molecule has 1 atom stereocenters. The van der Waals surface area contributed by atoms with Gasteiger partial charge in [-0.05, 0) is 63.4 Å². The number of hydrogen-bond acceptors (Lipinski definition) is 3. The third-order valence-electron chi connectivity index (χ3n) is 3.42. The highest BCUT2D eigenvalue weighted by Crippen LogP contribution is 2.30. The summed E-state index contributed by atoms with van der Waals surface area (Å²) in [6.45, 7) is 5.52.